The molecule has 0 atom stereocenters. The fourth-order valence-electron chi connectivity index (χ4n) is 5.06. The van der Waals surface area contributed by atoms with Crippen molar-refractivity contribution in [1.29, 1.82) is 0 Å². The number of amides is 2. The number of rotatable bonds is 5. The smallest absolute Gasteiger partial charge is 0.352 e. The van der Waals surface area contributed by atoms with Gasteiger partial charge in [-0.1, -0.05) is 20.8 Å². The van der Waals surface area contributed by atoms with E-state index in [1.54, 1.807) is 4.90 Å². The highest BCUT2D eigenvalue weighted by molar-refractivity contribution is 5.94. The molecular formula is C26H35F6N3O2. The summed E-state index contributed by atoms with van der Waals surface area (Å²) < 4.78 is 78.3. The second kappa shape index (κ2) is 11.2. The standard InChI is InChI=1S/C26H35F6N3O2/c1-24(2,3)19-6-8-34(9-7-19)16-22(36)35-10-4-17(5-11-35)15-33-23(37)18-12-20(25(27,28)29)14-21(13-18)26(30,31)32/h12-14,17,19H,4-11,15-16H2,1-3H3,(H,33,37). The molecule has 208 valence electrons. The first-order chi connectivity index (χ1) is 17.0. The number of carbonyl (C=O) groups excluding carboxylic acids is 2. The van der Waals surface area contributed by atoms with Crippen molar-refractivity contribution >= 4 is 11.8 Å². The Morgan fingerprint density at radius 2 is 1.35 bits per heavy atom. The zero-order valence-electron chi connectivity index (χ0n) is 21.4. The van der Waals surface area contributed by atoms with Crippen LogP contribution < -0.4 is 5.32 Å². The Morgan fingerprint density at radius 1 is 0.838 bits per heavy atom. The Bertz CT molecular complexity index is 922. The van der Waals surface area contributed by atoms with Gasteiger partial charge >= 0.3 is 12.4 Å². The van der Waals surface area contributed by atoms with Crippen LogP contribution in [-0.2, 0) is 17.1 Å². The number of hydrogen-bond acceptors (Lipinski definition) is 3. The first kappa shape index (κ1) is 29.3. The van der Waals surface area contributed by atoms with Crippen molar-refractivity contribution < 1.29 is 35.9 Å². The predicted molar refractivity (Wildman–Crippen MR) is 127 cm³/mol. The highest BCUT2D eigenvalue weighted by Crippen LogP contribution is 2.36. The lowest BCUT2D eigenvalue weighted by atomic mass is 9.75. The second-order valence-corrected chi connectivity index (χ2v) is 11.2. The number of nitrogens with zero attached hydrogens (tertiary/aromatic N) is 2. The molecule has 0 saturated carbocycles. The molecule has 0 aromatic heterocycles. The van der Waals surface area contributed by atoms with E-state index in [0.29, 0.717) is 50.5 Å². The van der Waals surface area contributed by atoms with Crippen LogP contribution in [0.5, 0.6) is 0 Å². The van der Waals surface area contributed by atoms with Gasteiger partial charge in [-0.25, -0.2) is 0 Å². The normalized spacial score (nSPS) is 19.2. The summed E-state index contributed by atoms with van der Waals surface area (Å²) >= 11 is 0. The average molecular weight is 536 g/mol. The topological polar surface area (TPSA) is 52.7 Å². The summed E-state index contributed by atoms with van der Waals surface area (Å²) in [5, 5.41) is 2.47. The summed E-state index contributed by atoms with van der Waals surface area (Å²) in [6.07, 6.45) is -6.72. The number of piperidine rings is 2. The fraction of sp³-hybridized carbons (Fsp3) is 0.692. The minimum Gasteiger partial charge on any atom is -0.352 e. The molecule has 3 rings (SSSR count). The Labute approximate surface area is 213 Å². The minimum atomic E-state index is -5.02. The van der Waals surface area contributed by atoms with Crippen LogP contribution in [0.4, 0.5) is 26.3 Å². The average Bonchev–Trinajstić information content (AvgIpc) is 2.81. The van der Waals surface area contributed by atoms with Crippen molar-refractivity contribution in [3.8, 4) is 0 Å². The maximum absolute atomic E-state index is 13.1. The van der Waals surface area contributed by atoms with Crippen LogP contribution in [0.2, 0.25) is 0 Å². The van der Waals surface area contributed by atoms with Gasteiger partial charge in [-0.2, -0.15) is 26.3 Å². The summed E-state index contributed by atoms with van der Waals surface area (Å²) in [6.45, 7) is 9.98. The monoisotopic (exact) mass is 535 g/mol. The van der Waals surface area contributed by atoms with Gasteiger partial charge in [-0.3, -0.25) is 14.5 Å². The number of alkyl halides is 6. The number of hydrogen-bond donors (Lipinski definition) is 1. The number of nitrogens with one attached hydrogen (secondary N) is 1. The van der Waals surface area contributed by atoms with Crippen molar-refractivity contribution in [2.45, 2.75) is 58.8 Å². The van der Waals surface area contributed by atoms with Gasteiger partial charge in [-0.15, -0.1) is 0 Å². The van der Waals surface area contributed by atoms with Gasteiger partial charge in [0, 0.05) is 25.2 Å². The highest BCUT2D eigenvalue weighted by atomic mass is 19.4. The van der Waals surface area contributed by atoms with Crippen LogP contribution in [-0.4, -0.2) is 60.9 Å². The molecule has 37 heavy (non-hydrogen) atoms. The quantitative estimate of drug-likeness (QED) is 0.511. The Kier molecular flexibility index (Phi) is 8.86. The predicted octanol–water partition coefficient (Wildman–Crippen LogP) is 5.45. The molecule has 2 amide bonds. The second-order valence-electron chi connectivity index (χ2n) is 11.2. The first-order valence-corrected chi connectivity index (χ1v) is 12.6. The molecule has 0 radical (unpaired) electrons. The lowest BCUT2D eigenvalue weighted by molar-refractivity contribution is -0.143. The van der Waals surface area contributed by atoms with Crippen LogP contribution >= 0.6 is 0 Å². The molecule has 1 aromatic rings. The van der Waals surface area contributed by atoms with Gasteiger partial charge in [0.05, 0.1) is 17.7 Å². The summed E-state index contributed by atoms with van der Waals surface area (Å²) in [5.41, 5.74) is -3.48. The molecule has 0 spiro atoms. The van der Waals surface area contributed by atoms with E-state index in [2.05, 4.69) is 31.0 Å². The highest BCUT2D eigenvalue weighted by Gasteiger charge is 2.37. The van der Waals surface area contributed by atoms with Gasteiger partial charge in [0.1, 0.15) is 0 Å². The Balaban J connectivity index is 1.47. The van der Waals surface area contributed by atoms with Crippen LogP contribution in [0, 0.1) is 17.3 Å². The summed E-state index contributed by atoms with van der Waals surface area (Å²) in [5.74, 6) is -0.321. The van der Waals surface area contributed by atoms with Crippen LogP contribution in [0.3, 0.4) is 0 Å². The molecule has 2 aliphatic rings. The Hall–Kier alpha value is -2.30. The number of likely N-dealkylation sites (tertiary alicyclic amines) is 2. The summed E-state index contributed by atoms with van der Waals surface area (Å²) in [6, 6.07) is 0.850. The van der Waals surface area contributed by atoms with Gasteiger partial charge < -0.3 is 10.2 Å². The maximum Gasteiger partial charge on any atom is 0.416 e. The van der Waals surface area contributed by atoms with Crippen LogP contribution in [0.25, 0.3) is 0 Å². The summed E-state index contributed by atoms with van der Waals surface area (Å²) in [7, 11) is 0. The van der Waals surface area contributed by atoms with E-state index in [9.17, 15) is 35.9 Å². The third kappa shape index (κ3) is 8.09. The molecule has 2 saturated heterocycles. The van der Waals surface area contributed by atoms with Crippen molar-refractivity contribution in [2.24, 2.45) is 17.3 Å². The Morgan fingerprint density at radius 3 is 1.81 bits per heavy atom. The van der Waals surface area contributed by atoms with E-state index in [0.717, 1.165) is 25.9 Å². The minimum absolute atomic E-state index is 0.00365. The van der Waals surface area contributed by atoms with E-state index in [1.165, 1.54) is 0 Å². The van der Waals surface area contributed by atoms with Gasteiger partial charge in [0.25, 0.3) is 5.91 Å². The van der Waals surface area contributed by atoms with Crippen LogP contribution in [0.15, 0.2) is 18.2 Å². The first-order valence-electron chi connectivity index (χ1n) is 12.6. The van der Waals surface area contributed by atoms with Gasteiger partial charge in [0.15, 0.2) is 0 Å². The lowest BCUT2D eigenvalue weighted by Gasteiger charge is -2.39. The van der Waals surface area contributed by atoms with Crippen LogP contribution in [0.1, 0.15) is 67.9 Å². The number of carbonyl (C=O) groups is 2. The van der Waals surface area contributed by atoms with Crippen molar-refractivity contribution in [2.75, 3.05) is 39.3 Å². The zero-order valence-corrected chi connectivity index (χ0v) is 21.4. The van der Waals surface area contributed by atoms with Crippen molar-refractivity contribution in [1.82, 2.24) is 15.1 Å². The molecule has 2 aliphatic heterocycles. The number of halogens is 6. The molecule has 1 N–H and O–H groups in total. The van der Waals surface area contributed by atoms with E-state index < -0.39 is 35.0 Å². The molecule has 0 unspecified atom stereocenters. The molecule has 11 heteroatoms. The molecule has 1 aromatic carbocycles. The van der Waals surface area contributed by atoms with E-state index >= 15 is 0 Å². The SMILES string of the molecule is CC(C)(C)C1CCN(CC(=O)N2CCC(CNC(=O)c3cc(C(F)(F)F)cc(C(F)(F)F)c3)CC2)CC1. The molecular weight excluding hydrogens is 500 g/mol. The van der Waals surface area contributed by atoms with Crippen molar-refractivity contribution in [3.63, 3.8) is 0 Å². The number of benzene rings is 1. The fourth-order valence-corrected chi connectivity index (χ4v) is 5.06. The van der Waals surface area contributed by atoms with Crippen molar-refractivity contribution in [3.05, 3.63) is 34.9 Å². The molecule has 0 aliphatic carbocycles. The molecule has 2 fully saturated rings. The molecule has 0 bridgehead atoms. The largest absolute Gasteiger partial charge is 0.416 e. The third-order valence-corrected chi connectivity index (χ3v) is 7.54. The van der Waals surface area contributed by atoms with Gasteiger partial charge in [-0.05, 0) is 74.2 Å². The maximum atomic E-state index is 13.1. The van der Waals surface area contributed by atoms with E-state index in [4.69, 9.17) is 0 Å². The lowest BCUT2D eigenvalue weighted by Crippen LogP contribution is -2.47. The van der Waals surface area contributed by atoms with E-state index in [1.807, 2.05) is 0 Å². The van der Waals surface area contributed by atoms with Gasteiger partial charge in [0.2, 0.25) is 5.91 Å². The summed E-state index contributed by atoms with van der Waals surface area (Å²) in [4.78, 5) is 29.1. The zero-order chi connectivity index (χ0) is 27.6. The van der Waals surface area contributed by atoms with E-state index in [-0.39, 0.29) is 29.9 Å². The molecule has 5 nitrogen and oxygen atoms in total. The molecule has 2 heterocycles. The third-order valence-electron chi connectivity index (χ3n) is 7.54.